The van der Waals surface area contributed by atoms with Gasteiger partial charge in [0.2, 0.25) is 6.41 Å². The molecule has 19 heavy (non-hydrogen) atoms. The summed E-state index contributed by atoms with van der Waals surface area (Å²) in [6, 6.07) is 0.539. The van der Waals surface area contributed by atoms with Crippen LogP contribution in [0.4, 0.5) is 0 Å². The summed E-state index contributed by atoms with van der Waals surface area (Å²) in [6.07, 6.45) is 0.680. The molecule has 0 aliphatic heterocycles. The zero-order valence-electron chi connectivity index (χ0n) is 13.3. The average Bonchev–Trinajstić information content (AvgIpc) is 2.30. The number of rotatable bonds is 11. The Balaban J connectivity index is 0. The normalized spacial score (nSPS) is 10.3. The molecule has 0 aromatic rings. The molecule has 0 radical (unpaired) electrons. The Morgan fingerprint density at radius 3 is 2.05 bits per heavy atom. The first kappa shape index (κ1) is 20.7. The summed E-state index contributed by atoms with van der Waals surface area (Å²) in [5.41, 5.74) is 0. The molecule has 5 heteroatoms. The maximum atomic E-state index is 9.88. The van der Waals surface area contributed by atoms with Crippen LogP contribution in [0.1, 0.15) is 34.6 Å². The van der Waals surface area contributed by atoms with Crippen LogP contribution in [0.3, 0.4) is 0 Å². The Kier molecular flexibility index (Phi) is 18.9. The molecule has 0 heterocycles. The number of nitrogens with one attached hydrogen (secondary N) is 3. The number of hydrogen-bond acceptors (Lipinski definition) is 4. The van der Waals surface area contributed by atoms with Gasteiger partial charge in [0.25, 0.3) is 0 Å². The van der Waals surface area contributed by atoms with E-state index in [1.165, 1.54) is 0 Å². The lowest BCUT2D eigenvalue weighted by Gasteiger charge is -2.09. The predicted octanol–water partition coefficient (Wildman–Crippen LogP) is 0.999. The van der Waals surface area contributed by atoms with Crippen molar-refractivity contribution in [2.45, 2.75) is 40.7 Å². The molecule has 0 atom stereocenters. The van der Waals surface area contributed by atoms with Crippen molar-refractivity contribution in [1.82, 2.24) is 16.0 Å². The van der Waals surface area contributed by atoms with E-state index in [0.717, 1.165) is 25.6 Å². The van der Waals surface area contributed by atoms with Crippen molar-refractivity contribution in [3.8, 4) is 0 Å². The van der Waals surface area contributed by atoms with E-state index in [1.54, 1.807) is 0 Å². The Morgan fingerprint density at radius 2 is 1.53 bits per heavy atom. The molecule has 0 aliphatic rings. The number of ether oxygens (including phenoxy) is 1. The molecule has 0 saturated heterocycles. The second-order valence-electron chi connectivity index (χ2n) is 5.28. The van der Waals surface area contributed by atoms with Crippen LogP contribution in [0.5, 0.6) is 0 Å². The minimum absolute atomic E-state index is 0.539. The van der Waals surface area contributed by atoms with E-state index in [9.17, 15) is 4.79 Å². The molecule has 1 amide bonds. The lowest BCUT2D eigenvalue weighted by atomic mass is 10.3. The van der Waals surface area contributed by atoms with Gasteiger partial charge in [-0.05, 0) is 5.92 Å². The largest absolute Gasteiger partial charge is 0.378 e. The summed E-state index contributed by atoms with van der Waals surface area (Å²) in [4.78, 5) is 9.88. The summed E-state index contributed by atoms with van der Waals surface area (Å²) < 4.78 is 5.26. The number of carbonyl (C=O) groups is 1. The van der Waals surface area contributed by atoms with Gasteiger partial charge in [0.1, 0.15) is 0 Å². The van der Waals surface area contributed by atoms with E-state index in [4.69, 9.17) is 4.74 Å². The van der Waals surface area contributed by atoms with Gasteiger partial charge in [-0.15, -0.1) is 0 Å². The van der Waals surface area contributed by atoms with Gasteiger partial charge in [0.15, 0.2) is 0 Å². The average molecular weight is 275 g/mol. The van der Waals surface area contributed by atoms with E-state index in [2.05, 4.69) is 50.6 Å². The maximum Gasteiger partial charge on any atom is 0.207 e. The Morgan fingerprint density at radius 1 is 0.947 bits per heavy atom. The fourth-order valence-corrected chi connectivity index (χ4v) is 1.01. The van der Waals surface area contributed by atoms with Crippen LogP contribution in [-0.2, 0) is 9.53 Å². The molecular weight excluding hydrogens is 242 g/mol. The van der Waals surface area contributed by atoms with Crippen LogP contribution in [-0.4, -0.2) is 51.8 Å². The zero-order valence-corrected chi connectivity index (χ0v) is 13.3. The first-order valence-electron chi connectivity index (χ1n) is 7.19. The van der Waals surface area contributed by atoms with Gasteiger partial charge >= 0.3 is 0 Å². The van der Waals surface area contributed by atoms with E-state index in [1.807, 2.05) is 0 Å². The van der Waals surface area contributed by atoms with Gasteiger partial charge in [0, 0.05) is 32.2 Å². The van der Waals surface area contributed by atoms with Crippen molar-refractivity contribution >= 4 is 6.41 Å². The molecule has 0 spiro atoms. The van der Waals surface area contributed by atoms with Crippen molar-refractivity contribution < 1.29 is 9.53 Å². The fourth-order valence-electron chi connectivity index (χ4n) is 1.01. The fraction of sp³-hybridized carbons (Fsp3) is 0.929. The third-order valence-corrected chi connectivity index (χ3v) is 1.75. The van der Waals surface area contributed by atoms with Crippen molar-refractivity contribution in [3.63, 3.8) is 0 Å². The van der Waals surface area contributed by atoms with Gasteiger partial charge in [-0.1, -0.05) is 34.6 Å². The SMILES string of the molecule is CC(C)C.CC(C)NCCNCCOCCNC=O. The molecule has 0 bridgehead atoms. The van der Waals surface area contributed by atoms with E-state index < -0.39 is 0 Å². The van der Waals surface area contributed by atoms with Crippen LogP contribution >= 0.6 is 0 Å². The van der Waals surface area contributed by atoms with Gasteiger partial charge in [0.05, 0.1) is 13.2 Å². The maximum absolute atomic E-state index is 9.88. The third-order valence-electron chi connectivity index (χ3n) is 1.75. The van der Waals surface area contributed by atoms with Crippen molar-refractivity contribution in [3.05, 3.63) is 0 Å². The van der Waals surface area contributed by atoms with E-state index in [-0.39, 0.29) is 0 Å². The highest BCUT2D eigenvalue weighted by Gasteiger charge is 1.91. The van der Waals surface area contributed by atoms with Crippen molar-refractivity contribution in [1.29, 1.82) is 0 Å². The topological polar surface area (TPSA) is 62.4 Å². The highest BCUT2D eigenvalue weighted by Crippen LogP contribution is 1.81. The van der Waals surface area contributed by atoms with Crippen LogP contribution in [0.15, 0.2) is 0 Å². The Hall–Kier alpha value is -0.650. The first-order valence-corrected chi connectivity index (χ1v) is 7.19. The number of amides is 1. The molecule has 0 aromatic carbocycles. The standard InChI is InChI=1S/C10H23N3O2.C4H10/c1-10(2)13-4-3-11-5-7-15-8-6-12-9-14;1-4(2)3/h9-11,13H,3-8H2,1-2H3,(H,12,14);4H,1-3H3. The molecule has 0 rings (SSSR count). The molecule has 3 N–H and O–H groups in total. The Bertz CT molecular complexity index is 173. The van der Waals surface area contributed by atoms with Crippen molar-refractivity contribution in [2.24, 2.45) is 5.92 Å². The molecule has 5 nitrogen and oxygen atoms in total. The molecule has 0 aliphatic carbocycles. The molecule has 116 valence electrons. The van der Waals surface area contributed by atoms with E-state index in [0.29, 0.717) is 32.2 Å². The molecule has 0 unspecified atom stereocenters. The molecular formula is C14H33N3O2. The second kappa shape index (κ2) is 17.4. The smallest absolute Gasteiger partial charge is 0.207 e. The lowest BCUT2D eigenvalue weighted by Crippen LogP contribution is -2.33. The minimum Gasteiger partial charge on any atom is -0.378 e. The first-order chi connectivity index (χ1) is 9.00. The summed E-state index contributed by atoms with van der Waals surface area (Å²) in [5, 5.41) is 9.10. The monoisotopic (exact) mass is 275 g/mol. The van der Waals surface area contributed by atoms with Gasteiger partial charge in [-0.2, -0.15) is 0 Å². The van der Waals surface area contributed by atoms with Crippen LogP contribution in [0.25, 0.3) is 0 Å². The highest BCUT2D eigenvalue weighted by molar-refractivity contribution is 5.45. The molecule has 0 saturated carbocycles. The minimum atomic E-state index is 0.539. The number of hydrogen-bond donors (Lipinski definition) is 3. The van der Waals surface area contributed by atoms with Gasteiger partial charge < -0.3 is 20.7 Å². The van der Waals surface area contributed by atoms with Crippen LogP contribution in [0.2, 0.25) is 0 Å². The van der Waals surface area contributed by atoms with Crippen LogP contribution in [0, 0.1) is 5.92 Å². The quantitative estimate of drug-likeness (QED) is 0.389. The Labute approximate surface area is 118 Å². The highest BCUT2D eigenvalue weighted by atomic mass is 16.5. The predicted molar refractivity (Wildman–Crippen MR) is 81.4 cm³/mol. The summed E-state index contributed by atoms with van der Waals surface area (Å²) in [5.74, 6) is 0.833. The molecule has 0 fully saturated rings. The van der Waals surface area contributed by atoms with Crippen molar-refractivity contribution in [2.75, 3.05) is 39.4 Å². The summed E-state index contributed by atoms with van der Waals surface area (Å²) in [7, 11) is 0. The summed E-state index contributed by atoms with van der Waals surface area (Å²) in [6.45, 7) is 15.4. The third kappa shape index (κ3) is 31.7. The zero-order chi connectivity index (χ0) is 14.9. The molecule has 0 aromatic heterocycles. The van der Waals surface area contributed by atoms with E-state index >= 15 is 0 Å². The van der Waals surface area contributed by atoms with Crippen LogP contribution < -0.4 is 16.0 Å². The second-order valence-corrected chi connectivity index (χ2v) is 5.28. The number of carbonyl (C=O) groups excluding carboxylic acids is 1. The summed E-state index contributed by atoms with van der Waals surface area (Å²) >= 11 is 0. The lowest BCUT2D eigenvalue weighted by molar-refractivity contribution is -0.109. The van der Waals surface area contributed by atoms with Gasteiger partial charge in [-0.25, -0.2) is 0 Å². The van der Waals surface area contributed by atoms with Gasteiger partial charge in [-0.3, -0.25) is 4.79 Å².